The van der Waals surface area contributed by atoms with Gasteiger partial charge in [0, 0.05) is 25.4 Å². The Hall–Kier alpha value is -2.71. The van der Waals surface area contributed by atoms with Crippen LogP contribution in [0.15, 0.2) is 46.5 Å². The molecule has 0 amide bonds. The quantitative estimate of drug-likeness (QED) is 0.718. The van der Waals surface area contributed by atoms with Crippen molar-refractivity contribution in [3.63, 3.8) is 0 Å². The lowest BCUT2D eigenvalue weighted by Gasteiger charge is -2.34. The molecule has 8 heteroatoms. The maximum atomic E-state index is 13.5. The highest BCUT2D eigenvalue weighted by atomic mass is 19.1. The van der Waals surface area contributed by atoms with E-state index in [1.807, 2.05) is 0 Å². The van der Waals surface area contributed by atoms with E-state index >= 15 is 0 Å². The Bertz CT molecular complexity index is 938. The summed E-state index contributed by atoms with van der Waals surface area (Å²) in [4.78, 5) is 18.3. The van der Waals surface area contributed by atoms with Crippen LogP contribution in [-0.2, 0) is 5.54 Å². The fourth-order valence-electron chi connectivity index (χ4n) is 3.97. The molecule has 1 fully saturated rings. The van der Waals surface area contributed by atoms with Crippen molar-refractivity contribution in [2.75, 3.05) is 19.0 Å². The zero-order chi connectivity index (χ0) is 20.5. The number of halogens is 1. The van der Waals surface area contributed by atoms with E-state index in [0.717, 1.165) is 5.56 Å². The maximum Gasteiger partial charge on any atom is 0.222 e. The van der Waals surface area contributed by atoms with E-state index in [4.69, 9.17) is 4.99 Å². The Kier molecular flexibility index (Phi) is 5.14. The van der Waals surface area contributed by atoms with Gasteiger partial charge in [0.15, 0.2) is 5.54 Å². The average molecular weight is 397 g/mol. The summed E-state index contributed by atoms with van der Waals surface area (Å²) in [6.45, 7) is -0.233. The van der Waals surface area contributed by atoms with Crippen molar-refractivity contribution >= 4 is 18.0 Å². The molecule has 2 aliphatic rings. The number of aromatic nitrogens is 2. The molecule has 1 saturated carbocycles. The predicted octanol–water partition coefficient (Wildman–Crippen LogP) is 2.30. The number of nitrogens with one attached hydrogen (secondary N) is 1. The molecule has 1 unspecified atom stereocenters. The molecular formula is C21H24FN5O2. The van der Waals surface area contributed by atoms with Crippen LogP contribution in [0.1, 0.15) is 36.9 Å². The molecule has 1 aliphatic carbocycles. The summed E-state index contributed by atoms with van der Waals surface area (Å²) in [6.07, 6.45) is 5.80. The van der Waals surface area contributed by atoms with Gasteiger partial charge >= 0.3 is 0 Å². The molecule has 1 atom stereocenters. The fourth-order valence-corrected chi connectivity index (χ4v) is 3.97. The number of hydrogen-bond acceptors (Lipinski definition) is 7. The van der Waals surface area contributed by atoms with Crippen molar-refractivity contribution in [1.29, 1.82) is 0 Å². The van der Waals surface area contributed by atoms with Crippen LogP contribution in [0, 0.1) is 11.7 Å². The van der Waals surface area contributed by atoms with Gasteiger partial charge in [0.25, 0.3) is 0 Å². The van der Waals surface area contributed by atoms with E-state index in [2.05, 4.69) is 20.3 Å². The van der Waals surface area contributed by atoms with Crippen molar-refractivity contribution < 1.29 is 14.6 Å². The van der Waals surface area contributed by atoms with E-state index < -0.39 is 11.1 Å². The normalized spacial score (nSPS) is 29.0. The van der Waals surface area contributed by atoms with Gasteiger partial charge in [-0.25, -0.2) is 24.3 Å². The number of aliphatic imine (C=N–C) groups is 2. The highest BCUT2D eigenvalue weighted by Crippen LogP contribution is 2.39. The number of nitrogens with zero attached hydrogens (tertiary/aromatic N) is 4. The summed E-state index contributed by atoms with van der Waals surface area (Å²) in [5, 5.41) is 22.6. The van der Waals surface area contributed by atoms with Crippen LogP contribution >= 0.6 is 0 Å². The van der Waals surface area contributed by atoms with Gasteiger partial charge < -0.3 is 15.5 Å². The van der Waals surface area contributed by atoms with Gasteiger partial charge in [-0.05, 0) is 49.4 Å². The van der Waals surface area contributed by atoms with E-state index in [1.54, 1.807) is 37.7 Å². The van der Waals surface area contributed by atoms with Gasteiger partial charge in [-0.15, -0.1) is 0 Å². The third kappa shape index (κ3) is 3.65. The molecule has 1 aromatic heterocycles. The highest BCUT2D eigenvalue weighted by molar-refractivity contribution is 6.01. The van der Waals surface area contributed by atoms with Crippen molar-refractivity contribution in [2.45, 2.75) is 36.8 Å². The minimum Gasteiger partial charge on any atom is -0.393 e. The zero-order valence-corrected chi connectivity index (χ0v) is 16.2. The predicted molar refractivity (Wildman–Crippen MR) is 109 cm³/mol. The van der Waals surface area contributed by atoms with Crippen molar-refractivity contribution in [3.8, 4) is 0 Å². The molecule has 2 aromatic rings. The lowest BCUT2D eigenvalue weighted by atomic mass is 9.78. The molecular weight excluding hydrogens is 373 g/mol. The van der Waals surface area contributed by atoms with Gasteiger partial charge in [-0.3, -0.25) is 0 Å². The van der Waals surface area contributed by atoms with Crippen LogP contribution < -0.4 is 5.32 Å². The zero-order valence-electron chi connectivity index (χ0n) is 16.2. The van der Waals surface area contributed by atoms with E-state index in [0.29, 0.717) is 43.2 Å². The summed E-state index contributed by atoms with van der Waals surface area (Å²) in [5.41, 5.74) is -0.560. The number of aliphatic hydroxyl groups excluding tert-OH is 1. The monoisotopic (exact) mass is 397 g/mol. The number of amidine groups is 1. The SMILES string of the molecule is CNc1nccc(C2(c3ccc(F)cc3)C=NC(C3CCC(O)(CO)CC3)=N2)n1. The van der Waals surface area contributed by atoms with Crippen molar-refractivity contribution in [2.24, 2.45) is 15.9 Å². The van der Waals surface area contributed by atoms with Gasteiger partial charge in [0.2, 0.25) is 5.95 Å². The molecule has 0 saturated heterocycles. The lowest BCUT2D eigenvalue weighted by Crippen LogP contribution is -2.39. The van der Waals surface area contributed by atoms with Crippen LogP contribution in [-0.4, -0.2) is 51.5 Å². The number of hydrogen-bond donors (Lipinski definition) is 3. The first kappa shape index (κ1) is 19.6. The Morgan fingerprint density at radius 1 is 1.17 bits per heavy atom. The summed E-state index contributed by atoms with van der Waals surface area (Å²) >= 11 is 0. The second kappa shape index (κ2) is 7.61. The van der Waals surface area contributed by atoms with Crippen molar-refractivity contribution in [1.82, 2.24) is 9.97 Å². The largest absolute Gasteiger partial charge is 0.393 e. The number of anilines is 1. The number of aliphatic hydroxyl groups is 2. The van der Waals surface area contributed by atoms with E-state index in [-0.39, 0.29) is 18.3 Å². The van der Waals surface area contributed by atoms with Crippen LogP contribution in [0.25, 0.3) is 0 Å². The number of benzene rings is 1. The van der Waals surface area contributed by atoms with E-state index in [9.17, 15) is 14.6 Å². The van der Waals surface area contributed by atoms with Crippen LogP contribution in [0.2, 0.25) is 0 Å². The Morgan fingerprint density at radius 3 is 2.55 bits per heavy atom. The second-order valence-corrected chi connectivity index (χ2v) is 7.67. The van der Waals surface area contributed by atoms with E-state index in [1.165, 1.54) is 12.1 Å². The first-order chi connectivity index (χ1) is 14.0. The molecule has 4 rings (SSSR count). The minimum absolute atomic E-state index is 0.0889. The summed E-state index contributed by atoms with van der Waals surface area (Å²) in [6, 6.07) is 7.98. The molecule has 0 bridgehead atoms. The minimum atomic E-state index is -1.01. The molecule has 1 aliphatic heterocycles. The second-order valence-electron chi connectivity index (χ2n) is 7.67. The van der Waals surface area contributed by atoms with Crippen LogP contribution in [0.5, 0.6) is 0 Å². The molecule has 0 radical (unpaired) electrons. The molecule has 1 aromatic carbocycles. The lowest BCUT2D eigenvalue weighted by molar-refractivity contribution is -0.0466. The Balaban J connectivity index is 1.73. The molecule has 29 heavy (non-hydrogen) atoms. The topological polar surface area (TPSA) is 103 Å². The summed E-state index contributed by atoms with van der Waals surface area (Å²) in [7, 11) is 1.74. The van der Waals surface area contributed by atoms with Crippen LogP contribution in [0.3, 0.4) is 0 Å². The summed E-state index contributed by atoms with van der Waals surface area (Å²) in [5.74, 6) is 0.925. The Labute approximate surface area is 168 Å². The van der Waals surface area contributed by atoms with Gasteiger partial charge in [0.05, 0.1) is 17.9 Å². The van der Waals surface area contributed by atoms with Crippen LogP contribution in [0.4, 0.5) is 10.3 Å². The third-order valence-corrected chi connectivity index (χ3v) is 5.80. The third-order valence-electron chi connectivity index (χ3n) is 5.80. The Morgan fingerprint density at radius 2 is 1.90 bits per heavy atom. The molecule has 7 nitrogen and oxygen atoms in total. The van der Waals surface area contributed by atoms with Gasteiger partial charge in [-0.1, -0.05) is 12.1 Å². The van der Waals surface area contributed by atoms with Gasteiger partial charge in [0.1, 0.15) is 11.7 Å². The summed E-state index contributed by atoms with van der Waals surface area (Å²) < 4.78 is 13.5. The molecule has 2 heterocycles. The average Bonchev–Trinajstić information content (AvgIpc) is 3.21. The van der Waals surface area contributed by atoms with Gasteiger partial charge in [-0.2, -0.15) is 0 Å². The first-order valence-corrected chi connectivity index (χ1v) is 9.73. The fraction of sp³-hybridized carbons (Fsp3) is 0.429. The first-order valence-electron chi connectivity index (χ1n) is 9.73. The molecule has 0 spiro atoms. The standard InChI is InChI=1S/C21H24FN5O2/c1-23-19-24-11-8-17(26-19)21(15-2-4-16(22)5-3-15)12-25-18(27-21)14-6-9-20(29,13-28)10-7-14/h2-5,8,11-12,14,28-29H,6-7,9-10,13H2,1H3,(H,23,24,26). The molecule has 3 N–H and O–H groups in total. The smallest absolute Gasteiger partial charge is 0.222 e. The highest BCUT2D eigenvalue weighted by Gasteiger charge is 2.41. The maximum absolute atomic E-state index is 13.5. The molecule has 152 valence electrons. The number of rotatable bonds is 5. The van der Waals surface area contributed by atoms with Crippen molar-refractivity contribution in [3.05, 3.63) is 53.6 Å².